The van der Waals surface area contributed by atoms with Gasteiger partial charge < -0.3 is 16.2 Å². The number of carbonyl (C=O) groups is 2. The SMILES string of the molecule is Nc1ccc(CC(=O)NCCCCCC(=O)O)nc1. The van der Waals surface area contributed by atoms with Crippen LogP contribution >= 0.6 is 0 Å². The van der Waals surface area contributed by atoms with Crippen LogP contribution in [0.3, 0.4) is 0 Å². The Morgan fingerprint density at radius 2 is 2.05 bits per heavy atom. The fraction of sp³-hybridized carbons (Fsp3) is 0.462. The summed E-state index contributed by atoms with van der Waals surface area (Å²) in [6.07, 6.45) is 4.17. The number of nitrogens with zero attached hydrogens (tertiary/aromatic N) is 1. The summed E-state index contributed by atoms with van der Waals surface area (Å²) in [7, 11) is 0. The van der Waals surface area contributed by atoms with Gasteiger partial charge in [-0.3, -0.25) is 14.6 Å². The molecule has 0 saturated carbocycles. The van der Waals surface area contributed by atoms with E-state index in [9.17, 15) is 9.59 Å². The second-order valence-corrected chi connectivity index (χ2v) is 4.31. The first-order valence-electron chi connectivity index (χ1n) is 6.27. The van der Waals surface area contributed by atoms with Crippen molar-refractivity contribution in [2.24, 2.45) is 0 Å². The first-order valence-corrected chi connectivity index (χ1v) is 6.27. The van der Waals surface area contributed by atoms with E-state index in [-0.39, 0.29) is 18.7 Å². The second kappa shape index (κ2) is 8.07. The van der Waals surface area contributed by atoms with E-state index in [4.69, 9.17) is 10.8 Å². The summed E-state index contributed by atoms with van der Waals surface area (Å²) >= 11 is 0. The molecule has 1 amide bonds. The van der Waals surface area contributed by atoms with Crippen molar-refractivity contribution in [1.29, 1.82) is 0 Å². The number of nitrogen functional groups attached to an aromatic ring is 1. The van der Waals surface area contributed by atoms with Gasteiger partial charge in [-0.2, -0.15) is 0 Å². The molecule has 0 unspecified atom stereocenters. The molecular formula is C13H19N3O3. The van der Waals surface area contributed by atoms with Crippen LogP contribution in [0.5, 0.6) is 0 Å². The van der Waals surface area contributed by atoms with E-state index in [1.54, 1.807) is 12.1 Å². The number of carboxylic acids is 1. The van der Waals surface area contributed by atoms with Crippen LogP contribution in [-0.4, -0.2) is 28.5 Å². The Bertz CT molecular complexity index is 418. The molecule has 0 aromatic carbocycles. The third-order valence-corrected chi connectivity index (χ3v) is 2.58. The molecule has 1 rings (SSSR count). The van der Waals surface area contributed by atoms with Gasteiger partial charge in [0.15, 0.2) is 0 Å². The topological polar surface area (TPSA) is 105 Å². The fourth-order valence-corrected chi connectivity index (χ4v) is 1.57. The fourth-order valence-electron chi connectivity index (χ4n) is 1.57. The van der Waals surface area contributed by atoms with Gasteiger partial charge in [-0.1, -0.05) is 6.42 Å². The van der Waals surface area contributed by atoms with Crippen LogP contribution in [0.2, 0.25) is 0 Å². The van der Waals surface area contributed by atoms with Crippen molar-refractivity contribution in [3.8, 4) is 0 Å². The summed E-state index contributed by atoms with van der Waals surface area (Å²) in [5.41, 5.74) is 6.75. The highest BCUT2D eigenvalue weighted by molar-refractivity contribution is 5.78. The molecule has 0 aliphatic carbocycles. The highest BCUT2D eigenvalue weighted by Gasteiger charge is 2.03. The lowest BCUT2D eigenvalue weighted by Gasteiger charge is -2.04. The summed E-state index contributed by atoms with van der Waals surface area (Å²) in [6.45, 7) is 0.563. The predicted octanol–water partition coefficient (Wildman–Crippen LogP) is 0.967. The zero-order valence-electron chi connectivity index (χ0n) is 10.8. The number of pyridine rings is 1. The molecule has 6 heteroatoms. The lowest BCUT2D eigenvalue weighted by molar-refractivity contribution is -0.137. The average Bonchev–Trinajstić information content (AvgIpc) is 2.36. The number of carbonyl (C=O) groups excluding carboxylic acids is 1. The number of rotatable bonds is 8. The van der Waals surface area contributed by atoms with E-state index < -0.39 is 5.97 Å². The maximum absolute atomic E-state index is 11.6. The summed E-state index contributed by atoms with van der Waals surface area (Å²) < 4.78 is 0. The van der Waals surface area contributed by atoms with Crippen molar-refractivity contribution in [2.75, 3.05) is 12.3 Å². The molecule has 1 heterocycles. The Kier molecular flexibility index (Phi) is 6.35. The van der Waals surface area contributed by atoms with Crippen molar-refractivity contribution >= 4 is 17.6 Å². The smallest absolute Gasteiger partial charge is 0.303 e. The van der Waals surface area contributed by atoms with Crippen molar-refractivity contribution < 1.29 is 14.7 Å². The zero-order valence-corrected chi connectivity index (χ0v) is 10.8. The first kappa shape index (κ1) is 14.9. The van der Waals surface area contributed by atoms with Gasteiger partial charge in [0.05, 0.1) is 18.3 Å². The second-order valence-electron chi connectivity index (χ2n) is 4.31. The number of amides is 1. The van der Waals surface area contributed by atoms with Crippen LogP contribution in [0, 0.1) is 0 Å². The van der Waals surface area contributed by atoms with Gasteiger partial charge in [-0.25, -0.2) is 0 Å². The number of anilines is 1. The molecule has 0 aliphatic heterocycles. The molecule has 4 N–H and O–H groups in total. The van der Waals surface area contributed by atoms with Crippen LogP contribution < -0.4 is 11.1 Å². The first-order chi connectivity index (χ1) is 9.08. The van der Waals surface area contributed by atoms with Crippen LogP contribution in [0.4, 0.5) is 5.69 Å². The summed E-state index contributed by atoms with van der Waals surface area (Å²) in [5.74, 6) is -0.867. The minimum Gasteiger partial charge on any atom is -0.481 e. The highest BCUT2D eigenvalue weighted by Crippen LogP contribution is 2.02. The van der Waals surface area contributed by atoms with E-state index in [2.05, 4.69) is 10.3 Å². The Labute approximate surface area is 112 Å². The summed E-state index contributed by atoms with van der Waals surface area (Å²) in [6, 6.07) is 3.43. The molecule has 0 radical (unpaired) electrons. The van der Waals surface area contributed by atoms with E-state index >= 15 is 0 Å². The van der Waals surface area contributed by atoms with Gasteiger partial charge in [0.25, 0.3) is 0 Å². The Hall–Kier alpha value is -2.11. The van der Waals surface area contributed by atoms with Gasteiger partial charge in [-0.15, -0.1) is 0 Å². The van der Waals surface area contributed by atoms with Crippen LogP contribution in [0.1, 0.15) is 31.4 Å². The zero-order chi connectivity index (χ0) is 14.1. The molecule has 0 bridgehead atoms. The largest absolute Gasteiger partial charge is 0.481 e. The number of carboxylic acid groups (broad SMARTS) is 1. The molecule has 1 aromatic heterocycles. The van der Waals surface area contributed by atoms with E-state index in [1.807, 2.05) is 0 Å². The molecular weight excluding hydrogens is 246 g/mol. The normalized spacial score (nSPS) is 10.1. The standard InChI is InChI=1S/C13H19N3O3/c14-10-5-6-11(16-9-10)8-12(17)15-7-3-1-2-4-13(18)19/h5-6,9H,1-4,7-8,14H2,(H,15,17)(H,18,19). The van der Waals surface area contributed by atoms with Crippen molar-refractivity contribution in [2.45, 2.75) is 32.1 Å². The molecule has 0 fully saturated rings. The van der Waals surface area contributed by atoms with Crippen LogP contribution in [0.15, 0.2) is 18.3 Å². The lowest BCUT2D eigenvalue weighted by atomic mass is 10.2. The maximum atomic E-state index is 11.6. The van der Waals surface area contributed by atoms with Gasteiger partial charge in [-0.05, 0) is 25.0 Å². The average molecular weight is 265 g/mol. The third-order valence-electron chi connectivity index (χ3n) is 2.58. The molecule has 0 atom stereocenters. The predicted molar refractivity (Wildman–Crippen MR) is 71.5 cm³/mol. The number of aromatic nitrogens is 1. The Morgan fingerprint density at radius 3 is 2.68 bits per heavy atom. The quantitative estimate of drug-likeness (QED) is 0.607. The molecule has 1 aromatic rings. The van der Waals surface area contributed by atoms with Gasteiger partial charge >= 0.3 is 5.97 Å². The number of unbranched alkanes of at least 4 members (excludes halogenated alkanes) is 2. The molecule has 19 heavy (non-hydrogen) atoms. The molecule has 0 spiro atoms. The van der Waals surface area contributed by atoms with Gasteiger partial charge in [0.2, 0.25) is 5.91 Å². The van der Waals surface area contributed by atoms with Crippen molar-refractivity contribution in [3.63, 3.8) is 0 Å². The van der Waals surface area contributed by atoms with E-state index in [0.717, 1.165) is 12.8 Å². The number of nitrogens with one attached hydrogen (secondary N) is 1. The number of nitrogens with two attached hydrogens (primary N) is 1. The highest BCUT2D eigenvalue weighted by atomic mass is 16.4. The van der Waals surface area contributed by atoms with E-state index in [0.29, 0.717) is 24.3 Å². The summed E-state index contributed by atoms with van der Waals surface area (Å²) in [5, 5.41) is 11.2. The van der Waals surface area contributed by atoms with Gasteiger partial charge in [0, 0.05) is 18.7 Å². The minimum atomic E-state index is -0.779. The number of hydrogen-bond donors (Lipinski definition) is 3. The number of hydrogen-bond acceptors (Lipinski definition) is 4. The van der Waals surface area contributed by atoms with Crippen molar-refractivity contribution in [3.05, 3.63) is 24.0 Å². The maximum Gasteiger partial charge on any atom is 0.303 e. The molecule has 6 nitrogen and oxygen atoms in total. The van der Waals surface area contributed by atoms with Crippen molar-refractivity contribution in [1.82, 2.24) is 10.3 Å². The Balaban J connectivity index is 2.11. The monoisotopic (exact) mass is 265 g/mol. The van der Waals surface area contributed by atoms with E-state index in [1.165, 1.54) is 6.20 Å². The summed E-state index contributed by atoms with van der Waals surface area (Å²) in [4.78, 5) is 25.9. The molecule has 0 aliphatic rings. The van der Waals surface area contributed by atoms with Crippen LogP contribution in [0.25, 0.3) is 0 Å². The number of aliphatic carboxylic acids is 1. The third kappa shape index (κ3) is 7.03. The molecule has 0 saturated heterocycles. The lowest BCUT2D eigenvalue weighted by Crippen LogP contribution is -2.26. The molecule has 104 valence electrons. The van der Waals surface area contributed by atoms with Gasteiger partial charge in [0.1, 0.15) is 0 Å². The Morgan fingerprint density at radius 1 is 1.26 bits per heavy atom. The minimum absolute atomic E-state index is 0.0875. The van der Waals surface area contributed by atoms with Crippen LogP contribution in [-0.2, 0) is 16.0 Å².